The average Bonchev–Trinajstić information content (AvgIpc) is 2.34. The predicted octanol–water partition coefficient (Wildman–Crippen LogP) is 2.95. The third-order valence-corrected chi connectivity index (χ3v) is 3.46. The number of carbonyl (C=O) groups excluding carboxylic acids is 1. The van der Waals surface area contributed by atoms with Gasteiger partial charge in [0, 0.05) is 24.0 Å². The summed E-state index contributed by atoms with van der Waals surface area (Å²) in [5, 5.41) is 3.78. The van der Waals surface area contributed by atoms with Gasteiger partial charge in [0.25, 0.3) is 0 Å². The predicted molar refractivity (Wildman–Crippen MR) is 73.9 cm³/mol. The van der Waals surface area contributed by atoms with Gasteiger partial charge in [0.05, 0.1) is 0 Å². The fourth-order valence-corrected chi connectivity index (χ4v) is 1.99. The van der Waals surface area contributed by atoms with Gasteiger partial charge in [-0.2, -0.15) is 11.8 Å². The zero-order valence-corrected chi connectivity index (χ0v) is 11.7. The smallest absolute Gasteiger partial charge is 0.221 e. The standard InChI is InChI=1S/C12H16BrNOS/c1-16-7-6-12(15)14-9-11-4-2-10(8-13)3-5-11/h2-5H,6-9H2,1H3,(H,14,15). The minimum Gasteiger partial charge on any atom is -0.352 e. The van der Waals surface area contributed by atoms with Crippen LogP contribution in [0.25, 0.3) is 0 Å². The average molecular weight is 302 g/mol. The summed E-state index contributed by atoms with van der Waals surface area (Å²) in [5.74, 6) is 1.01. The first-order chi connectivity index (χ1) is 7.76. The molecule has 1 aromatic rings. The summed E-state index contributed by atoms with van der Waals surface area (Å²) in [6.07, 6.45) is 2.60. The quantitative estimate of drug-likeness (QED) is 0.819. The molecule has 88 valence electrons. The molecule has 0 heterocycles. The van der Waals surface area contributed by atoms with Gasteiger partial charge in [-0.1, -0.05) is 40.2 Å². The highest BCUT2D eigenvalue weighted by Crippen LogP contribution is 2.07. The molecule has 4 heteroatoms. The molecule has 1 rings (SSSR count). The van der Waals surface area contributed by atoms with Crippen LogP contribution in [-0.2, 0) is 16.7 Å². The first-order valence-corrected chi connectivity index (χ1v) is 7.67. The summed E-state index contributed by atoms with van der Waals surface area (Å²) < 4.78 is 0. The van der Waals surface area contributed by atoms with E-state index in [4.69, 9.17) is 0 Å². The van der Waals surface area contributed by atoms with Crippen LogP contribution in [0.5, 0.6) is 0 Å². The molecule has 0 fully saturated rings. The Morgan fingerprint density at radius 3 is 2.50 bits per heavy atom. The fraction of sp³-hybridized carbons (Fsp3) is 0.417. The van der Waals surface area contributed by atoms with Gasteiger partial charge in [0.2, 0.25) is 5.91 Å². The maximum absolute atomic E-state index is 11.4. The second-order valence-electron chi connectivity index (χ2n) is 3.47. The molecule has 0 unspecified atom stereocenters. The number of hydrogen-bond donors (Lipinski definition) is 1. The number of halogens is 1. The van der Waals surface area contributed by atoms with E-state index in [9.17, 15) is 4.79 Å². The van der Waals surface area contributed by atoms with Crippen molar-refractivity contribution in [3.8, 4) is 0 Å². The number of nitrogens with one attached hydrogen (secondary N) is 1. The summed E-state index contributed by atoms with van der Waals surface area (Å²) in [7, 11) is 0. The van der Waals surface area contributed by atoms with Crippen LogP contribution in [-0.4, -0.2) is 17.9 Å². The van der Waals surface area contributed by atoms with Gasteiger partial charge in [-0.15, -0.1) is 0 Å². The highest BCUT2D eigenvalue weighted by molar-refractivity contribution is 9.08. The summed E-state index contributed by atoms with van der Waals surface area (Å²) >= 11 is 5.09. The second kappa shape index (κ2) is 7.74. The van der Waals surface area contributed by atoms with E-state index in [0.29, 0.717) is 13.0 Å². The molecular weight excluding hydrogens is 286 g/mol. The number of hydrogen-bond acceptors (Lipinski definition) is 2. The Morgan fingerprint density at radius 2 is 1.94 bits per heavy atom. The van der Waals surface area contributed by atoms with Gasteiger partial charge >= 0.3 is 0 Å². The zero-order chi connectivity index (χ0) is 11.8. The molecule has 0 aliphatic carbocycles. The van der Waals surface area contributed by atoms with Gasteiger partial charge in [-0.25, -0.2) is 0 Å². The van der Waals surface area contributed by atoms with Crippen LogP contribution >= 0.6 is 27.7 Å². The third-order valence-electron chi connectivity index (χ3n) is 2.20. The van der Waals surface area contributed by atoms with Crippen molar-refractivity contribution in [2.24, 2.45) is 0 Å². The van der Waals surface area contributed by atoms with Crippen LogP contribution in [0, 0.1) is 0 Å². The number of amides is 1. The van der Waals surface area contributed by atoms with Gasteiger partial charge in [0.1, 0.15) is 0 Å². The number of benzene rings is 1. The molecule has 2 nitrogen and oxygen atoms in total. The molecule has 0 bridgehead atoms. The molecule has 0 saturated carbocycles. The molecule has 1 N–H and O–H groups in total. The van der Waals surface area contributed by atoms with Crippen LogP contribution in [0.2, 0.25) is 0 Å². The van der Waals surface area contributed by atoms with Crippen molar-refractivity contribution in [1.29, 1.82) is 0 Å². The van der Waals surface area contributed by atoms with E-state index in [0.717, 1.165) is 16.6 Å². The van der Waals surface area contributed by atoms with Gasteiger partial charge in [0.15, 0.2) is 0 Å². The largest absolute Gasteiger partial charge is 0.352 e. The molecule has 16 heavy (non-hydrogen) atoms. The second-order valence-corrected chi connectivity index (χ2v) is 5.02. The highest BCUT2D eigenvalue weighted by atomic mass is 79.9. The van der Waals surface area contributed by atoms with Crippen molar-refractivity contribution < 1.29 is 4.79 Å². The van der Waals surface area contributed by atoms with E-state index < -0.39 is 0 Å². The van der Waals surface area contributed by atoms with E-state index in [2.05, 4.69) is 33.4 Å². The lowest BCUT2D eigenvalue weighted by atomic mass is 10.1. The number of carbonyl (C=O) groups is 1. The van der Waals surface area contributed by atoms with Crippen molar-refractivity contribution in [3.05, 3.63) is 35.4 Å². The Bertz CT molecular complexity index is 326. The Kier molecular flexibility index (Phi) is 6.57. The zero-order valence-electron chi connectivity index (χ0n) is 9.33. The van der Waals surface area contributed by atoms with Crippen molar-refractivity contribution in [2.45, 2.75) is 18.3 Å². The third kappa shape index (κ3) is 5.03. The number of rotatable bonds is 6. The van der Waals surface area contributed by atoms with Gasteiger partial charge < -0.3 is 5.32 Å². The van der Waals surface area contributed by atoms with Crippen molar-refractivity contribution in [2.75, 3.05) is 12.0 Å². The molecule has 0 atom stereocenters. The van der Waals surface area contributed by atoms with Crippen molar-refractivity contribution in [1.82, 2.24) is 5.32 Å². The van der Waals surface area contributed by atoms with Crippen LogP contribution in [0.3, 0.4) is 0 Å². The van der Waals surface area contributed by atoms with E-state index in [1.807, 2.05) is 18.4 Å². The van der Waals surface area contributed by atoms with Crippen LogP contribution in [0.15, 0.2) is 24.3 Å². The number of alkyl halides is 1. The Hall–Kier alpha value is -0.480. The Morgan fingerprint density at radius 1 is 1.31 bits per heavy atom. The summed E-state index contributed by atoms with van der Waals surface area (Å²) in [6, 6.07) is 8.23. The van der Waals surface area contributed by atoms with E-state index in [1.54, 1.807) is 11.8 Å². The molecular formula is C12H16BrNOS. The molecule has 0 saturated heterocycles. The molecule has 0 spiro atoms. The van der Waals surface area contributed by atoms with E-state index in [-0.39, 0.29) is 5.91 Å². The molecule has 1 amide bonds. The molecule has 0 aliphatic rings. The fourth-order valence-electron chi connectivity index (χ4n) is 1.23. The van der Waals surface area contributed by atoms with Crippen molar-refractivity contribution >= 4 is 33.6 Å². The summed E-state index contributed by atoms with van der Waals surface area (Å²) in [6.45, 7) is 0.621. The lowest BCUT2D eigenvalue weighted by Gasteiger charge is -2.05. The highest BCUT2D eigenvalue weighted by Gasteiger charge is 2.00. The Labute approximate surface area is 109 Å². The topological polar surface area (TPSA) is 29.1 Å². The Balaban J connectivity index is 2.33. The maximum Gasteiger partial charge on any atom is 0.221 e. The van der Waals surface area contributed by atoms with Gasteiger partial charge in [-0.3, -0.25) is 4.79 Å². The van der Waals surface area contributed by atoms with E-state index in [1.165, 1.54) is 5.56 Å². The SMILES string of the molecule is CSCCC(=O)NCc1ccc(CBr)cc1. The van der Waals surface area contributed by atoms with E-state index >= 15 is 0 Å². The van der Waals surface area contributed by atoms with Crippen LogP contribution in [0.1, 0.15) is 17.5 Å². The van der Waals surface area contributed by atoms with Crippen molar-refractivity contribution in [3.63, 3.8) is 0 Å². The summed E-state index contributed by atoms with van der Waals surface area (Å²) in [4.78, 5) is 11.4. The minimum atomic E-state index is 0.124. The molecule has 0 radical (unpaired) electrons. The number of thioether (sulfide) groups is 1. The monoisotopic (exact) mass is 301 g/mol. The van der Waals surface area contributed by atoms with Crippen LogP contribution < -0.4 is 5.32 Å². The molecule has 0 aromatic heterocycles. The van der Waals surface area contributed by atoms with Crippen LogP contribution in [0.4, 0.5) is 0 Å². The lowest BCUT2D eigenvalue weighted by Crippen LogP contribution is -2.22. The normalized spacial score (nSPS) is 10.1. The molecule has 1 aromatic carbocycles. The minimum absolute atomic E-state index is 0.124. The molecule has 0 aliphatic heterocycles. The maximum atomic E-state index is 11.4. The lowest BCUT2D eigenvalue weighted by molar-refractivity contribution is -0.120. The summed E-state index contributed by atoms with van der Waals surface area (Å²) in [5.41, 5.74) is 2.39. The first kappa shape index (κ1) is 13.6. The van der Waals surface area contributed by atoms with Gasteiger partial charge in [-0.05, 0) is 17.4 Å². The first-order valence-electron chi connectivity index (χ1n) is 5.15.